The highest BCUT2D eigenvalue weighted by atomic mass is 14.7. The first-order valence-electron chi connectivity index (χ1n) is 6.90. The first kappa shape index (κ1) is 19.2. The molecule has 0 fully saturated rings. The number of hydrogen-bond acceptors (Lipinski definition) is 2. The van der Waals surface area contributed by atoms with E-state index in [9.17, 15) is 0 Å². The van der Waals surface area contributed by atoms with E-state index in [2.05, 4.69) is 63.3 Å². The molecular weight excluding hydrogens is 220 g/mol. The largest absolute Gasteiger partial charge is 0.297 e. The molecule has 0 aromatic heterocycles. The highest BCUT2D eigenvalue weighted by Gasteiger charge is 1.88. The van der Waals surface area contributed by atoms with Crippen molar-refractivity contribution in [2.75, 3.05) is 13.1 Å². The van der Waals surface area contributed by atoms with Crippen LogP contribution in [-0.2, 0) is 0 Å². The molecule has 0 aliphatic rings. The summed E-state index contributed by atoms with van der Waals surface area (Å²) >= 11 is 0. The van der Waals surface area contributed by atoms with Crippen molar-refractivity contribution < 1.29 is 0 Å². The Bertz CT molecular complexity index is 234. The van der Waals surface area contributed by atoms with Crippen LogP contribution in [0.1, 0.15) is 53.4 Å². The van der Waals surface area contributed by atoms with Crippen molar-refractivity contribution in [3.63, 3.8) is 0 Å². The Kier molecular flexibility index (Phi) is 16.8. The highest BCUT2D eigenvalue weighted by Crippen LogP contribution is 2.01. The van der Waals surface area contributed by atoms with Crippen molar-refractivity contribution in [3.05, 3.63) is 23.3 Å². The molecule has 0 unspecified atom stereocenters. The first-order valence-corrected chi connectivity index (χ1v) is 6.90. The second-order valence-electron chi connectivity index (χ2n) is 4.01. The van der Waals surface area contributed by atoms with Gasteiger partial charge in [0.25, 0.3) is 0 Å². The van der Waals surface area contributed by atoms with E-state index in [4.69, 9.17) is 0 Å². The summed E-state index contributed by atoms with van der Waals surface area (Å²) in [4.78, 5) is 7.61. The average Bonchev–Trinajstić information content (AvgIpc) is 2.39. The molecule has 0 radical (unpaired) electrons. The second kappa shape index (κ2) is 15.8. The molecule has 0 aliphatic carbocycles. The van der Waals surface area contributed by atoms with Gasteiger partial charge >= 0.3 is 0 Å². The molecule has 0 spiro atoms. The molecule has 0 aromatic carbocycles. The predicted molar refractivity (Wildman–Crippen MR) is 86.2 cm³/mol. The van der Waals surface area contributed by atoms with Gasteiger partial charge < -0.3 is 0 Å². The monoisotopic (exact) mass is 250 g/mol. The Labute approximate surface area is 114 Å². The molecule has 18 heavy (non-hydrogen) atoms. The fraction of sp³-hybridized carbons (Fsp3) is 0.625. The van der Waals surface area contributed by atoms with Crippen molar-refractivity contribution >= 4 is 13.4 Å². The Hall–Kier alpha value is -1.18. The molecule has 2 nitrogen and oxygen atoms in total. The maximum Gasteiger partial charge on any atom is 0.0592 e. The summed E-state index contributed by atoms with van der Waals surface area (Å²) in [5.74, 6) is 0. The van der Waals surface area contributed by atoms with E-state index in [1.807, 2.05) is 0 Å². The lowest BCUT2D eigenvalue weighted by atomic mass is 10.2. The van der Waals surface area contributed by atoms with Gasteiger partial charge in [0.05, 0.1) is 13.1 Å². The van der Waals surface area contributed by atoms with Crippen LogP contribution in [0.5, 0.6) is 0 Å². The predicted octanol–water partition coefficient (Wildman–Crippen LogP) is 4.87. The normalized spacial score (nSPS) is 11.6. The topological polar surface area (TPSA) is 24.7 Å². The standard InChI is InChI=1S/2C8H15N/c2*1-4-6-8(5-2)7-9-3/h2*6H,3-5,7H2,1-2H3/b8-6+;8-6-. The van der Waals surface area contributed by atoms with Gasteiger partial charge in [-0.05, 0) is 39.1 Å². The van der Waals surface area contributed by atoms with E-state index in [0.29, 0.717) is 0 Å². The minimum absolute atomic E-state index is 0.810. The Balaban J connectivity index is 0. The molecule has 0 saturated heterocycles. The van der Waals surface area contributed by atoms with Crippen LogP contribution >= 0.6 is 0 Å². The smallest absolute Gasteiger partial charge is 0.0592 e. The molecule has 0 saturated carbocycles. The lowest BCUT2D eigenvalue weighted by Crippen LogP contribution is -1.84. The zero-order valence-corrected chi connectivity index (χ0v) is 12.7. The van der Waals surface area contributed by atoms with Gasteiger partial charge in [0.1, 0.15) is 0 Å². The lowest BCUT2D eigenvalue weighted by Gasteiger charge is -1.96. The summed E-state index contributed by atoms with van der Waals surface area (Å²) in [5.41, 5.74) is 2.79. The Morgan fingerprint density at radius 2 is 1.11 bits per heavy atom. The molecule has 0 heterocycles. The molecule has 0 amide bonds. The second-order valence-corrected chi connectivity index (χ2v) is 4.01. The van der Waals surface area contributed by atoms with E-state index < -0.39 is 0 Å². The maximum absolute atomic E-state index is 3.81. The van der Waals surface area contributed by atoms with Gasteiger partial charge in [0.2, 0.25) is 0 Å². The summed E-state index contributed by atoms with van der Waals surface area (Å²) < 4.78 is 0. The van der Waals surface area contributed by atoms with E-state index in [1.54, 1.807) is 0 Å². The van der Waals surface area contributed by atoms with Gasteiger partial charge in [-0.25, -0.2) is 0 Å². The summed E-state index contributed by atoms with van der Waals surface area (Å²) in [7, 11) is 0. The maximum atomic E-state index is 3.81. The zero-order chi connectivity index (χ0) is 14.2. The Morgan fingerprint density at radius 3 is 1.28 bits per heavy atom. The van der Waals surface area contributed by atoms with Gasteiger partial charge in [-0.1, -0.05) is 51.0 Å². The molecule has 2 heteroatoms. The third-order valence-electron chi connectivity index (χ3n) is 2.52. The molecular formula is C16H30N2. The minimum atomic E-state index is 0.810. The van der Waals surface area contributed by atoms with Crippen LogP contribution in [0.4, 0.5) is 0 Å². The number of rotatable bonds is 8. The van der Waals surface area contributed by atoms with Gasteiger partial charge in [0, 0.05) is 0 Å². The molecule has 0 bridgehead atoms. The molecule has 0 aliphatic heterocycles. The molecule has 0 aromatic rings. The van der Waals surface area contributed by atoms with Crippen molar-refractivity contribution in [2.24, 2.45) is 9.98 Å². The van der Waals surface area contributed by atoms with Crippen LogP contribution in [0.2, 0.25) is 0 Å². The van der Waals surface area contributed by atoms with E-state index >= 15 is 0 Å². The van der Waals surface area contributed by atoms with Crippen molar-refractivity contribution in [1.82, 2.24) is 0 Å². The van der Waals surface area contributed by atoms with Crippen LogP contribution in [0.15, 0.2) is 33.3 Å². The SMILES string of the molecule is C=NC/C(=C/CC)CC.C=NC/C(=C\CC)CC. The van der Waals surface area contributed by atoms with Gasteiger partial charge in [-0.3, -0.25) is 9.98 Å². The average molecular weight is 250 g/mol. The van der Waals surface area contributed by atoms with Crippen molar-refractivity contribution in [2.45, 2.75) is 53.4 Å². The van der Waals surface area contributed by atoms with Crippen LogP contribution in [-0.4, -0.2) is 26.5 Å². The fourth-order valence-corrected chi connectivity index (χ4v) is 1.51. The summed E-state index contributed by atoms with van der Waals surface area (Å²) in [6.45, 7) is 17.1. The summed E-state index contributed by atoms with van der Waals surface area (Å²) in [6.07, 6.45) is 8.86. The van der Waals surface area contributed by atoms with Crippen LogP contribution in [0, 0.1) is 0 Å². The van der Waals surface area contributed by atoms with Crippen molar-refractivity contribution in [1.29, 1.82) is 0 Å². The molecule has 0 atom stereocenters. The van der Waals surface area contributed by atoms with E-state index in [0.717, 1.165) is 38.8 Å². The highest BCUT2D eigenvalue weighted by molar-refractivity contribution is 5.25. The molecule has 0 rings (SSSR count). The van der Waals surface area contributed by atoms with Crippen LogP contribution in [0.25, 0.3) is 0 Å². The van der Waals surface area contributed by atoms with Crippen LogP contribution < -0.4 is 0 Å². The number of hydrogen-bond donors (Lipinski definition) is 0. The van der Waals surface area contributed by atoms with Gasteiger partial charge in [0.15, 0.2) is 0 Å². The van der Waals surface area contributed by atoms with Gasteiger partial charge in [-0.2, -0.15) is 0 Å². The zero-order valence-electron chi connectivity index (χ0n) is 12.7. The van der Waals surface area contributed by atoms with Crippen LogP contribution in [0.3, 0.4) is 0 Å². The number of nitrogens with zero attached hydrogens (tertiary/aromatic N) is 2. The van der Waals surface area contributed by atoms with Crippen molar-refractivity contribution in [3.8, 4) is 0 Å². The van der Waals surface area contributed by atoms with E-state index in [1.165, 1.54) is 11.1 Å². The fourth-order valence-electron chi connectivity index (χ4n) is 1.51. The third kappa shape index (κ3) is 12.9. The minimum Gasteiger partial charge on any atom is -0.297 e. The van der Waals surface area contributed by atoms with Gasteiger partial charge in [-0.15, -0.1) is 0 Å². The third-order valence-corrected chi connectivity index (χ3v) is 2.52. The lowest BCUT2D eigenvalue weighted by molar-refractivity contribution is 0.987. The van der Waals surface area contributed by atoms with E-state index in [-0.39, 0.29) is 0 Å². The number of aliphatic imine (C=N–C) groups is 2. The first-order chi connectivity index (χ1) is 8.69. The Morgan fingerprint density at radius 1 is 0.778 bits per heavy atom. The summed E-state index contributed by atoms with van der Waals surface area (Å²) in [5, 5.41) is 0. The quantitative estimate of drug-likeness (QED) is 0.434. The summed E-state index contributed by atoms with van der Waals surface area (Å²) in [6, 6.07) is 0. The number of allylic oxidation sites excluding steroid dienone is 2. The molecule has 0 N–H and O–H groups in total. The molecule has 104 valence electrons.